The SMILES string of the molecule is CCN(CC(C)(C)O)C1CCCCCC1CN. The average molecular weight is 242 g/mol. The van der Waals surface area contributed by atoms with Crippen molar-refractivity contribution >= 4 is 0 Å². The molecule has 3 heteroatoms. The van der Waals surface area contributed by atoms with Gasteiger partial charge in [0.05, 0.1) is 5.60 Å². The monoisotopic (exact) mass is 242 g/mol. The van der Waals surface area contributed by atoms with E-state index in [1.807, 2.05) is 13.8 Å². The highest BCUT2D eigenvalue weighted by molar-refractivity contribution is 4.85. The minimum atomic E-state index is -0.610. The molecule has 0 saturated heterocycles. The van der Waals surface area contributed by atoms with E-state index in [1.54, 1.807) is 0 Å². The topological polar surface area (TPSA) is 49.5 Å². The maximum absolute atomic E-state index is 10.0. The molecule has 0 aromatic heterocycles. The molecule has 1 saturated carbocycles. The Morgan fingerprint density at radius 2 is 1.88 bits per heavy atom. The second-order valence-electron chi connectivity index (χ2n) is 6.08. The standard InChI is InChI=1S/C14H30N2O/c1-4-16(11-14(2,3)17)13-9-7-5-6-8-12(13)10-15/h12-13,17H,4-11,15H2,1-3H3. The number of hydrogen-bond donors (Lipinski definition) is 2. The molecule has 0 heterocycles. The van der Waals surface area contributed by atoms with Crippen molar-refractivity contribution in [2.75, 3.05) is 19.6 Å². The third-order valence-electron chi connectivity index (χ3n) is 3.89. The van der Waals surface area contributed by atoms with Crippen LogP contribution in [0.1, 0.15) is 52.9 Å². The van der Waals surface area contributed by atoms with Crippen LogP contribution < -0.4 is 5.73 Å². The first kappa shape index (κ1) is 14.9. The predicted molar refractivity (Wildman–Crippen MR) is 73.0 cm³/mol. The Labute approximate surface area is 106 Å². The molecule has 0 aliphatic heterocycles. The van der Waals surface area contributed by atoms with Gasteiger partial charge >= 0.3 is 0 Å². The summed E-state index contributed by atoms with van der Waals surface area (Å²) in [5.74, 6) is 0.611. The van der Waals surface area contributed by atoms with Crippen molar-refractivity contribution in [3.8, 4) is 0 Å². The Kier molecular flexibility index (Phi) is 5.90. The summed E-state index contributed by atoms with van der Waals surface area (Å²) in [7, 11) is 0. The number of hydrogen-bond acceptors (Lipinski definition) is 3. The lowest BCUT2D eigenvalue weighted by atomic mass is 9.92. The first-order chi connectivity index (χ1) is 7.98. The Balaban J connectivity index is 2.68. The van der Waals surface area contributed by atoms with Gasteiger partial charge in [0.2, 0.25) is 0 Å². The van der Waals surface area contributed by atoms with Gasteiger partial charge in [-0.15, -0.1) is 0 Å². The summed E-state index contributed by atoms with van der Waals surface area (Å²) in [6.45, 7) is 8.51. The van der Waals surface area contributed by atoms with E-state index in [-0.39, 0.29) is 0 Å². The number of likely N-dealkylation sites (N-methyl/N-ethyl adjacent to an activating group) is 1. The molecule has 3 nitrogen and oxygen atoms in total. The van der Waals surface area contributed by atoms with Crippen LogP contribution in [0.2, 0.25) is 0 Å². The van der Waals surface area contributed by atoms with Crippen LogP contribution in [0.4, 0.5) is 0 Å². The number of rotatable bonds is 5. The zero-order chi connectivity index (χ0) is 12.9. The lowest BCUT2D eigenvalue weighted by molar-refractivity contribution is 0.0105. The summed E-state index contributed by atoms with van der Waals surface area (Å²) in [6, 6.07) is 0.568. The second-order valence-corrected chi connectivity index (χ2v) is 6.08. The van der Waals surface area contributed by atoms with E-state index in [0.29, 0.717) is 12.0 Å². The molecule has 0 bridgehead atoms. The number of nitrogens with two attached hydrogens (primary N) is 1. The van der Waals surface area contributed by atoms with Gasteiger partial charge < -0.3 is 10.8 Å². The van der Waals surface area contributed by atoms with Crippen LogP contribution in [0.3, 0.4) is 0 Å². The van der Waals surface area contributed by atoms with Gasteiger partial charge in [-0.3, -0.25) is 4.90 Å². The molecule has 0 aromatic carbocycles. The zero-order valence-corrected chi connectivity index (χ0v) is 11.8. The van der Waals surface area contributed by atoms with Crippen molar-refractivity contribution in [2.24, 2.45) is 11.7 Å². The van der Waals surface area contributed by atoms with Crippen LogP contribution >= 0.6 is 0 Å². The lowest BCUT2D eigenvalue weighted by Gasteiger charge is -2.38. The number of nitrogens with zero attached hydrogens (tertiary/aromatic N) is 1. The summed E-state index contributed by atoms with van der Waals surface area (Å²) in [4.78, 5) is 2.43. The highest BCUT2D eigenvalue weighted by Gasteiger charge is 2.30. The van der Waals surface area contributed by atoms with E-state index in [9.17, 15) is 5.11 Å². The van der Waals surface area contributed by atoms with E-state index >= 15 is 0 Å². The molecule has 0 aromatic rings. The van der Waals surface area contributed by atoms with Gasteiger partial charge in [0.25, 0.3) is 0 Å². The van der Waals surface area contributed by atoms with Crippen molar-refractivity contribution in [2.45, 2.75) is 64.5 Å². The maximum Gasteiger partial charge on any atom is 0.0718 e. The Hall–Kier alpha value is -0.120. The molecular weight excluding hydrogens is 212 g/mol. The quantitative estimate of drug-likeness (QED) is 0.725. The largest absolute Gasteiger partial charge is 0.389 e. The van der Waals surface area contributed by atoms with Crippen molar-refractivity contribution in [1.29, 1.82) is 0 Å². The van der Waals surface area contributed by atoms with Gasteiger partial charge in [-0.25, -0.2) is 0 Å². The molecule has 1 fully saturated rings. The van der Waals surface area contributed by atoms with Crippen LogP contribution in [0.15, 0.2) is 0 Å². The average Bonchev–Trinajstić information content (AvgIpc) is 2.49. The molecule has 0 spiro atoms. The van der Waals surface area contributed by atoms with E-state index in [1.165, 1.54) is 32.1 Å². The summed E-state index contributed by atoms with van der Waals surface area (Å²) >= 11 is 0. The van der Waals surface area contributed by atoms with Gasteiger partial charge in [-0.05, 0) is 45.7 Å². The Morgan fingerprint density at radius 3 is 2.41 bits per heavy atom. The molecule has 0 radical (unpaired) electrons. The fourth-order valence-electron chi connectivity index (χ4n) is 3.08. The number of aliphatic hydroxyl groups is 1. The highest BCUT2D eigenvalue weighted by Crippen LogP contribution is 2.27. The molecule has 2 atom stereocenters. The maximum atomic E-state index is 10.0. The molecular formula is C14H30N2O. The third-order valence-corrected chi connectivity index (χ3v) is 3.89. The summed E-state index contributed by atoms with van der Waals surface area (Å²) in [5, 5.41) is 10.0. The van der Waals surface area contributed by atoms with Crippen molar-refractivity contribution in [3.05, 3.63) is 0 Å². The van der Waals surface area contributed by atoms with Crippen LogP contribution in [0, 0.1) is 5.92 Å². The normalized spacial score (nSPS) is 27.2. The van der Waals surface area contributed by atoms with Gasteiger partial charge in [0, 0.05) is 12.6 Å². The fourth-order valence-corrected chi connectivity index (χ4v) is 3.08. The molecule has 102 valence electrons. The summed E-state index contributed by atoms with van der Waals surface area (Å²) in [6.07, 6.45) is 6.46. The minimum absolute atomic E-state index is 0.568. The lowest BCUT2D eigenvalue weighted by Crippen LogP contribution is -2.48. The molecule has 2 unspecified atom stereocenters. The Bertz CT molecular complexity index is 213. The van der Waals surface area contributed by atoms with E-state index in [2.05, 4.69) is 11.8 Å². The molecule has 1 rings (SSSR count). The van der Waals surface area contributed by atoms with Crippen LogP contribution in [0.25, 0.3) is 0 Å². The summed E-state index contributed by atoms with van der Waals surface area (Å²) in [5.41, 5.74) is 5.32. The van der Waals surface area contributed by atoms with E-state index in [4.69, 9.17) is 5.73 Å². The molecule has 17 heavy (non-hydrogen) atoms. The highest BCUT2D eigenvalue weighted by atomic mass is 16.3. The minimum Gasteiger partial charge on any atom is -0.389 e. The Morgan fingerprint density at radius 1 is 1.24 bits per heavy atom. The van der Waals surface area contributed by atoms with Crippen LogP contribution in [-0.4, -0.2) is 41.3 Å². The van der Waals surface area contributed by atoms with Crippen molar-refractivity contribution in [1.82, 2.24) is 4.90 Å². The zero-order valence-electron chi connectivity index (χ0n) is 11.8. The molecule has 1 aliphatic carbocycles. The molecule has 3 N–H and O–H groups in total. The smallest absolute Gasteiger partial charge is 0.0718 e. The second kappa shape index (κ2) is 6.72. The van der Waals surface area contributed by atoms with Crippen LogP contribution in [0.5, 0.6) is 0 Å². The van der Waals surface area contributed by atoms with Crippen molar-refractivity contribution in [3.63, 3.8) is 0 Å². The van der Waals surface area contributed by atoms with E-state index in [0.717, 1.165) is 19.6 Å². The van der Waals surface area contributed by atoms with Crippen LogP contribution in [-0.2, 0) is 0 Å². The van der Waals surface area contributed by atoms with Gasteiger partial charge in [0.1, 0.15) is 0 Å². The van der Waals surface area contributed by atoms with Gasteiger partial charge in [-0.1, -0.05) is 26.2 Å². The third kappa shape index (κ3) is 4.94. The predicted octanol–water partition coefficient (Wildman–Crippen LogP) is 1.99. The summed E-state index contributed by atoms with van der Waals surface area (Å²) < 4.78 is 0. The van der Waals surface area contributed by atoms with Gasteiger partial charge in [-0.2, -0.15) is 0 Å². The first-order valence-corrected chi connectivity index (χ1v) is 7.14. The fraction of sp³-hybridized carbons (Fsp3) is 1.00. The first-order valence-electron chi connectivity index (χ1n) is 7.14. The van der Waals surface area contributed by atoms with Crippen molar-refractivity contribution < 1.29 is 5.11 Å². The van der Waals surface area contributed by atoms with Gasteiger partial charge in [0.15, 0.2) is 0 Å². The molecule has 1 aliphatic rings. The van der Waals surface area contributed by atoms with E-state index < -0.39 is 5.60 Å². The molecule has 0 amide bonds.